The van der Waals surface area contributed by atoms with E-state index in [4.69, 9.17) is 17.3 Å². The van der Waals surface area contributed by atoms with E-state index in [0.717, 1.165) is 11.3 Å². The molecule has 0 fully saturated rings. The molecule has 1 heterocycles. The summed E-state index contributed by atoms with van der Waals surface area (Å²) in [5, 5.41) is 7.59. The van der Waals surface area contributed by atoms with Gasteiger partial charge >= 0.3 is 0 Å². The molecule has 1 unspecified atom stereocenters. The molecular weight excluding hydrogens is 276 g/mol. The van der Waals surface area contributed by atoms with E-state index in [0.29, 0.717) is 16.3 Å². The zero-order valence-corrected chi connectivity index (χ0v) is 12.4. The van der Waals surface area contributed by atoms with Crippen molar-refractivity contribution in [3.63, 3.8) is 0 Å². The van der Waals surface area contributed by atoms with E-state index in [-0.39, 0.29) is 11.9 Å². The third-order valence-corrected chi connectivity index (χ3v) is 3.58. The van der Waals surface area contributed by atoms with Crippen LogP contribution in [0, 0.1) is 6.92 Å². The molecule has 0 radical (unpaired) electrons. The second-order valence-corrected chi connectivity index (χ2v) is 5.17. The van der Waals surface area contributed by atoms with Crippen LogP contribution in [-0.4, -0.2) is 15.7 Å². The summed E-state index contributed by atoms with van der Waals surface area (Å²) in [6.07, 6.45) is 1.76. The molecule has 0 bridgehead atoms. The molecule has 1 amide bonds. The van der Waals surface area contributed by atoms with Crippen molar-refractivity contribution in [3.05, 3.63) is 46.2 Å². The third-order valence-electron chi connectivity index (χ3n) is 3.35. The number of amides is 1. The predicted molar refractivity (Wildman–Crippen MR) is 79.7 cm³/mol. The maximum atomic E-state index is 12.2. The van der Waals surface area contributed by atoms with Crippen molar-refractivity contribution in [3.8, 4) is 0 Å². The lowest BCUT2D eigenvalue weighted by Crippen LogP contribution is -2.27. The van der Waals surface area contributed by atoms with Crippen LogP contribution >= 0.6 is 11.6 Å². The highest BCUT2D eigenvalue weighted by Gasteiger charge is 2.17. The van der Waals surface area contributed by atoms with E-state index in [1.807, 2.05) is 20.9 Å². The van der Waals surface area contributed by atoms with Crippen LogP contribution in [0.5, 0.6) is 0 Å². The Kier molecular flexibility index (Phi) is 3.99. The Labute approximate surface area is 122 Å². The van der Waals surface area contributed by atoms with Gasteiger partial charge in [-0.25, -0.2) is 0 Å². The molecule has 5 nitrogen and oxygen atoms in total. The van der Waals surface area contributed by atoms with Crippen molar-refractivity contribution in [1.29, 1.82) is 0 Å². The minimum Gasteiger partial charge on any atom is -0.398 e. The molecule has 0 saturated heterocycles. The lowest BCUT2D eigenvalue weighted by atomic mass is 10.1. The normalized spacial score (nSPS) is 12.2. The molecule has 20 heavy (non-hydrogen) atoms. The number of benzene rings is 1. The molecule has 1 aromatic carbocycles. The summed E-state index contributed by atoms with van der Waals surface area (Å²) < 4.78 is 1.77. The van der Waals surface area contributed by atoms with Gasteiger partial charge in [-0.3, -0.25) is 9.48 Å². The van der Waals surface area contributed by atoms with E-state index in [2.05, 4.69) is 10.4 Å². The topological polar surface area (TPSA) is 72.9 Å². The van der Waals surface area contributed by atoms with Gasteiger partial charge in [0.25, 0.3) is 5.91 Å². The third kappa shape index (κ3) is 2.77. The van der Waals surface area contributed by atoms with Crippen molar-refractivity contribution >= 4 is 23.2 Å². The summed E-state index contributed by atoms with van der Waals surface area (Å²) in [5.74, 6) is -0.227. The van der Waals surface area contributed by atoms with Gasteiger partial charge in [-0.2, -0.15) is 5.10 Å². The predicted octanol–water partition coefficient (Wildman–Crippen LogP) is 2.46. The number of rotatable bonds is 3. The van der Waals surface area contributed by atoms with Gasteiger partial charge in [-0.05, 0) is 32.0 Å². The Hall–Kier alpha value is -2.01. The second-order valence-electron chi connectivity index (χ2n) is 4.74. The van der Waals surface area contributed by atoms with Gasteiger partial charge in [0.1, 0.15) is 0 Å². The van der Waals surface area contributed by atoms with E-state index in [9.17, 15) is 4.79 Å². The highest BCUT2D eigenvalue weighted by atomic mass is 35.5. The van der Waals surface area contributed by atoms with Gasteiger partial charge in [0.15, 0.2) is 0 Å². The fourth-order valence-electron chi connectivity index (χ4n) is 2.03. The Balaban J connectivity index is 2.17. The Morgan fingerprint density at radius 3 is 2.75 bits per heavy atom. The zero-order valence-electron chi connectivity index (χ0n) is 11.6. The number of nitrogens with zero attached hydrogens (tertiary/aromatic N) is 2. The quantitative estimate of drug-likeness (QED) is 0.854. The molecule has 0 aliphatic rings. The maximum Gasteiger partial charge on any atom is 0.253 e. The van der Waals surface area contributed by atoms with Gasteiger partial charge in [0.2, 0.25) is 0 Å². The highest BCUT2D eigenvalue weighted by molar-refractivity contribution is 6.31. The number of halogens is 1. The fraction of sp³-hybridized carbons (Fsp3) is 0.286. The summed E-state index contributed by atoms with van der Waals surface area (Å²) in [7, 11) is 1.87. The average molecular weight is 293 g/mol. The number of nitrogens with one attached hydrogen (secondary N) is 1. The molecule has 0 aliphatic carbocycles. The van der Waals surface area contributed by atoms with E-state index in [1.165, 1.54) is 0 Å². The largest absolute Gasteiger partial charge is 0.398 e. The lowest BCUT2D eigenvalue weighted by molar-refractivity contribution is 0.0940. The fourth-order valence-corrected chi connectivity index (χ4v) is 2.21. The number of carbonyl (C=O) groups is 1. The number of nitrogen functional groups attached to an aromatic ring is 1. The number of hydrogen-bond acceptors (Lipinski definition) is 3. The van der Waals surface area contributed by atoms with Crippen molar-refractivity contribution in [2.75, 3.05) is 5.73 Å². The first-order valence-electron chi connectivity index (χ1n) is 6.24. The monoisotopic (exact) mass is 292 g/mol. The second kappa shape index (κ2) is 5.54. The highest BCUT2D eigenvalue weighted by Crippen LogP contribution is 2.20. The molecular formula is C14H17ClN4O. The number of anilines is 1. The minimum absolute atomic E-state index is 0.147. The van der Waals surface area contributed by atoms with Crippen molar-refractivity contribution in [2.24, 2.45) is 7.05 Å². The molecule has 0 aliphatic heterocycles. The van der Waals surface area contributed by atoms with Crippen LogP contribution in [0.3, 0.4) is 0 Å². The van der Waals surface area contributed by atoms with Crippen LogP contribution in [0.15, 0.2) is 24.4 Å². The Morgan fingerprint density at radius 1 is 1.50 bits per heavy atom. The molecule has 3 N–H and O–H groups in total. The van der Waals surface area contributed by atoms with Crippen LogP contribution in [0.1, 0.15) is 34.6 Å². The summed E-state index contributed by atoms with van der Waals surface area (Å²) >= 11 is 5.82. The summed E-state index contributed by atoms with van der Waals surface area (Å²) in [4.78, 5) is 12.2. The van der Waals surface area contributed by atoms with Crippen LogP contribution < -0.4 is 11.1 Å². The maximum absolute atomic E-state index is 12.2. The first-order valence-corrected chi connectivity index (χ1v) is 6.62. The molecule has 106 valence electrons. The molecule has 1 atom stereocenters. The number of aromatic nitrogens is 2. The van der Waals surface area contributed by atoms with Gasteiger partial charge in [-0.1, -0.05) is 11.6 Å². The van der Waals surface area contributed by atoms with E-state index < -0.39 is 0 Å². The summed E-state index contributed by atoms with van der Waals surface area (Å²) in [5.41, 5.74) is 8.59. The number of nitrogens with two attached hydrogens (primary N) is 1. The van der Waals surface area contributed by atoms with E-state index in [1.54, 1.807) is 29.1 Å². The SMILES string of the molecule is Cc1c(C(C)NC(=O)c2ccc(Cl)cc2N)cnn1C. The molecule has 2 rings (SSSR count). The van der Waals surface area contributed by atoms with Crippen LogP contribution in [0.4, 0.5) is 5.69 Å². The zero-order chi connectivity index (χ0) is 14.9. The first-order chi connectivity index (χ1) is 9.40. The van der Waals surface area contributed by atoms with Crippen LogP contribution in [0.2, 0.25) is 5.02 Å². The van der Waals surface area contributed by atoms with Gasteiger partial charge in [0, 0.05) is 29.0 Å². The minimum atomic E-state index is -0.227. The molecule has 0 saturated carbocycles. The standard InChI is InChI=1S/C14H17ClN4O/c1-8(12-7-17-19(3)9(12)2)18-14(20)11-5-4-10(15)6-13(11)16/h4-8H,16H2,1-3H3,(H,18,20). The van der Waals surface area contributed by atoms with Crippen molar-refractivity contribution in [1.82, 2.24) is 15.1 Å². The van der Waals surface area contributed by atoms with E-state index >= 15 is 0 Å². The number of aryl methyl sites for hydroxylation is 1. The van der Waals surface area contributed by atoms with Gasteiger partial charge in [-0.15, -0.1) is 0 Å². The van der Waals surface area contributed by atoms with Crippen LogP contribution in [-0.2, 0) is 7.05 Å². The average Bonchev–Trinajstić information content (AvgIpc) is 2.69. The molecule has 1 aromatic heterocycles. The molecule has 6 heteroatoms. The van der Waals surface area contributed by atoms with Gasteiger partial charge < -0.3 is 11.1 Å². The Bertz CT molecular complexity index is 651. The van der Waals surface area contributed by atoms with Gasteiger partial charge in [0.05, 0.1) is 17.8 Å². The number of carbonyl (C=O) groups excluding carboxylic acids is 1. The van der Waals surface area contributed by atoms with Crippen LogP contribution in [0.25, 0.3) is 0 Å². The number of hydrogen-bond donors (Lipinski definition) is 2. The summed E-state index contributed by atoms with van der Waals surface area (Å²) in [6, 6.07) is 4.69. The van der Waals surface area contributed by atoms with Crippen molar-refractivity contribution < 1.29 is 4.79 Å². The molecule has 2 aromatic rings. The lowest BCUT2D eigenvalue weighted by Gasteiger charge is -2.14. The smallest absolute Gasteiger partial charge is 0.253 e. The summed E-state index contributed by atoms with van der Waals surface area (Å²) in [6.45, 7) is 3.87. The Morgan fingerprint density at radius 2 is 2.20 bits per heavy atom. The first kappa shape index (κ1) is 14.4. The van der Waals surface area contributed by atoms with Crippen molar-refractivity contribution in [2.45, 2.75) is 19.9 Å². The molecule has 0 spiro atoms.